The molecule has 1 amide bonds. The van der Waals surface area contributed by atoms with E-state index in [1.54, 1.807) is 6.92 Å². The Morgan fingerprint density at radius 1 is 1.24 bits per heavy atom. The highest BCUT2D eigenvalue weighted by molar-refractivity contribution is 5.79. The summed E-state index contributed by atoms with van der Waals surface area (Å²) in [5, 5.41) is 5.97. The van der Waals surface area contributed by atoms with Crippen LogP contribution in [0.2, 0.25) is 0 Å². The van der Waals surface area contributed by atoms with Crippen LogP contribution >= 0.6 is 0 Å². The summed E-state index contributed by atoms with van der Waals surface area (Å²) in [6.45, 7) is 5.32. The molecule has 0 aliphatic carbocycles. The lowest BCUT2D eigenvalue weighted by atomic mass is 9.88. The maximum Gasteiger partial charge on any atom is 0.416 e. The number of rotatable bonds is 4. The van der Waals surface area contributed by atoms with Gasteiger partial charge >= 0.3 is 6.18 Å². The van der Waals surface area contributed by atoms with Crippen molar-refractivity contribution in [2.75, 3.05) is 13.1 Å². The summed E-state index contributed by atoms with van der Waals surface area (Å²) < 4.78 is 37.5. The van der Waals surface area contributed by atoms with Crippen LogP contribution in [0.1, 0.15) is 31.0 Å². The maximum atomic E-state index is 12.5. The molecule has 1 fully saturated rings. The second-order valence-corrected chi connectivity index (χ2v) is 5.56. The number of hydrogen-bond donors (Lipinski definition) is 2. The van der Waals surface area contributed by atoms with E-state index in [2.05, 4.69) is 10.6 Å². The molecule has 1 aromatic carbocycles. The van der Waals surface area contributed by atoms with Gasteiger partial charge < -0.3 is 10.6 Å². The van der Waals surface area contributed by atoms with Gasteiger partial charge in [-0.3, -0.25) is 4.79 Å². The Hall–Kier alpha value is -1.56. The van der Waals surface area contributed by atoms with Crippen LogP contribution in [0.15, 0.2) is 24.3 Å². The Morgan fingerprint density at radius 3 is 2.24 bits per heavy atom. The average Bonchev–Trinajstić information content (AvgIpc) is 2.35. The summed E-state index contributed by atoms with van der Waals surface area (Å²) in [6.07, 6.45) is -4.34. The van der Waals surface area contributed by atoms with Gasteiger partial charge in [0, 0.05) is 5.92 Å². The molecule has 2 rings (SSSR count). The van der Waals surface area contributed by atoms with Gasteiger partial charge in [0.1, 0.15) is 0 Å². The molecule has 0 spiro atoms. The number of carbonyl (C=O) groups excluding carboxylic acids is 1. The van der Waals surface area contributed by atoms with Crippen molar-refractivity contribution in [1.82, 2.24) is 10.6 Å². The van der Waals surface area contributed by atoms with Gasteiger partial charge in [-0.15, -0.1) is 0 Å². The van der Waals surface area contributed by atoms with Crippen molar-refractivity contribution >= 4 is 5.91 Å². The van der Waals surface area contributed by atoms with E-state index in [-0.39, 0.29) is 17.9 Å². The van der Waals surface area contributed by atoms with Crippen LogP contribution in [-0.2, 0) is 11.0 Å². The zero-order valence-corrected chi connectivity index (χ0v) is 12.0. The fourth-order valence-corrected chi connectivity index (χ4v) is 2.27. The average molecular weight is 300 g/mol. The minimum atomic E-state index is -4.34. The molecule has 116 valence electrons. The highest BCUT2D eigenvalue weighted by Crippen LogP contribution is 2.30. The van der Waals surface area contributed by atoms with Crippen molar-refractivity contribution in [3.05, 3.63) is 35.4 Å². The number of alkyl halides is 3. The summed E-state index contributed by atoms with van der Waals surface area (Å²) >= 11 is 0. The lowest BCUT2D eigenvalue weighted by Crippen LogP contribution is -2.49. The number of halogens is 3. The number of carbonyl (C=O) groups is 1. The zero-order valence-electron chi connectivity index (χ0n) is 12.0. The van der Waals surface area contributed by atoms with Crippen LogP contribution in [0.4, 0.5) is 13.2 Å². The summed E-state index contributed by atoms with van der Waals surface area (Å²) in [7, 11) is 0. The van der Waals surface area contributed by atoms with Crippen molar-refractivity contribution in [2.45, 2.75) is 26.1 Å². The first-order valence-electron chi connectivity index (χ1n) is 6.97. The molecule has 1 aromatic rings. The van der Waals surface area contributed by atoms with Gasteiger partial charge in [0.25, 0.3) is 0 Å². The van der Waals surface area contributed by atoms with Crippen molar-refractivity contribution in [1.29, 1.82) is 0 Å². The molecule has 1 aliphatic rings. The summed E-state index contributed by atoms with van der Waals surface area (Å²) in [5.41, 5.74) is -0.0195. The summed E-state index contributed by atoms with van der Waals surface area (Å²) in [4.78, 5) is 12.1. The van der Waals surface area contributed by atoms with E-state index in [9.17, 15) is 18.0 Å². The molecule has 21 heavy (non-hydrogen) atoms. The molecule has 0 bridgehead atoms. The first-order chi connectivity index (χ1) is 9.79. The molecular formula is C15H19F3N2O. The number of benzene rings is 1. The van der Waals surface area contributed by atoms with E-state index >= 15 is 0 Å². The first kappa shape index (κ1) is 15.8. The van der Waals surface area contributed by atoms with E-state index in [0.29, 0.717) is 11.5 Å². The van der Waals surface area contributed by atoms with E-state index < -0.39 is 11.7 Å². The zero-order chi connectivity index (χ0) is 15.6. The van der Waals surface area contributed by atoms with Gasteiger partial charge in [-0.05, 0) is 43.6 Å². The number of nitrogens with one attached hydrogen (secondary N) is 2. The lowest BCUT2D eigenvalue weighted by Gasteiger charge is -2.32. The van der Waals surface area contributed by atoms with E-state index in [4.69, 9.17) is 0 Å². The third-order valence-corrected chi connectivity index (χ3v) is 4.03. The maximum absolute atomic E-state index is 12.5. The van der Waals surface area contributed by atoms with Crippen LogP contribution in [0, 0.1) is 11.8 Å². The topological polar surface area (TPSA) is 41.1 Å². The lowest BCUT2D eigenvalue weighted by molar-refractivity contribution is -0.137. The molecule has 6 heteroatoms. The predicted molar refractivity (Wildman–Crippen MR) is 73.5 cm³/mol. The molecule has 0 aromatic heterocycles. The van der Waals surface area contributed by atoms with Gasteiger partial charge in [-0.25, -0.2) is 0 Å². The fraction of sp³-hybridized carbons (Fsp3) is 0.533. The molecule has 1 aliphatic heterocycles. The second-order valence-electron chi connectivity index (χ2n) is 5.56. The Labute approximate surface area is 121 Å². The molecular weight excluding hydrogens is 281 g/mol. The second kappa shape index (κ2) is 6.05. The van der Waals surface area contributed by atoms with Crippen molar-refractivity contribution < 1.29 is 18.0 Å². The van der Waals surface area contributed by atoms with Gasteiger partial charge in [0.2, 0.25) is 5.91 Å². The Morgan fingerprint density at radius 2 is 1.81 bits per heavy atom. The molecule has 0 radical (unpaired) electrons. The Kier molecular flexibility index (Phi) is 4.56. The third kappa shape index (κ3) is 3.75. The molecule has 1 heterocycles. The normalized spacial score (nSPS) is 18.7. The van der Waals surface area contributed by atoms with Crippen LogP contribution in [0.3, 0.4) is 0 Å². The number of hydrogen-bond acceptors (Lipinski definition) is 2. The van der Waals surface area contributed by atoms with E-state index in [0.717, 1.165) is 25.2 Å². The SMILES string of the molecule is CC(NC(=O)C(C)C1CNC1)c1ccc(C(F)(F)F)cc1. The highest BCUT2D eigenvalue weighted by atomic mass is 19.4. The van der Waals surface area contributed by atoms with E-state index in [1.165, 1.54) is 12.1 Å². The molecule has 2 atom stereocenters. The van der Waals surface area contributed by atoms with Crippen molar-refractivity contribution in [3.63, 3.8) is 0 Å². The number of amides is 1. The fourth-order valence-electron chi connectivity index (χ4n) is 2.27. The Bertz CT molecular complexity index is 495. The summed E-state index contributed by atoms with van der Waals surface area (Å²) in [5.74, 6) is 0.182. The predicted octanol–water partition coefficient (Wildman–Crippen LogP) is 2.74. The van der Waals surface area contributed by atoms with Crippen LogP contribution in [-0.4, -0.2) is 19.0 Å². The summed E-state index contributed by atoms with van der Waals surface area (Å²) in [6, 6.07) is 4.58. The first-order valence-corrected chi connectivity index (χ1v) is 6.97. The standard InChI is InChI=1S/C15H19F3N2O/c1-9(12-7-19-8-12)14(21)20-10(2)11-3-5-13(6-4-11)15(16,17)18/h3-6,9-10,12,19H,7-8H2,1-2H3,(H,20,21). The molecule has 3 nitrogen and oxygen atoms in total. The molecule has 0 saturated carbocycles. The van der Waals surface area contributed by atoms with Crippen molar-refractivity contribution in [2.24, 2.45) is 11.8 Å². The molecule has 2 unspecified atom stereocenters. The van der Waals surface area contributed by atoms with E-state index in [1.807, 2.05) is 6.92 Å². The smallest absolute Gasteiger partial charge is 0.349 e. The molecule has 2 N–H and O–H groups in total. The van der Waals surface area contributed by atoms with Gasteiger partial charge in [-0.2, -0.15) is 13.2 Å². The largest absolute Gasteiger partial charge is 0.416 e. The van der Waals surface area contributed by atoms with Crippen molar-refractivity contribution in [3.8, 4) is 0 Å². The van der Waals surface area contributed by atoms with Crippen LogP contribution in [0.5, 0.6) is 0 Å². The van der Waals surface area contributed by atoms with Gasteiger partial charge in [-0.1, -0.05) is 19.1 Å². The monoisotopic (exact) mass is 300 g/mol. The minimum absolute atomic E-state index is 0.0612. The highest BCUT2D eigenvalue weighted by Gasteiger charge is 2.31. The third-order valence-electron chi connectivity index (χ3n) is 4.03. The van der Waals surface area contributed by atoms with Gasteiger partial charge in [0.15, 0.2) is 0 Å². The van der Waals surface area contributed by atoms with Crippen LogP contribution in [0.25, 0.3) is 0 Å². The van der Waals surface area contributed by atoms with Gasteiger partial charge in [0.05, 0.1) is 11.6 Å². The Balaban J connectivity index is 1.96. The minimum Gasteiger partial charge on any atom is -0.349 e. The van der Waals surface area contributed by atoms with Crippen LogP contribution < -0.4 is 10.6 Å². The molecule has 1 saturated heterocycles. The quantitative estimate of drug-likeness (QED) is 0.897.